The zero-order valence-electron chi connectivity index (χ0n) is 9.86. The fourth-order valence-corrected chi connectivity index (χ4v) is 1.60. The highest BCUT2D eigenvalue weighted by atomic mass is 32.1. The van der Waals surface area contributed by atoms with Crippen LogP contribution in [0.5, 0.6) is 0 Å². The Hall–Kier alpha value is -1.16. The lowest BCUT2D eigenvalue weighted by Gasteiger charge is -2.14. The van der Waals surface area contributed by atoms with E-state index < -0.39 is 0 Å². The summed E-state index contributed by atoms with van der Waals surface area (Å²) in [5.41, 5.74) is 6.20. The molecule has 0 spiro atoms. The molecule has 16 heavy (non-hydrogen) atoms. The molecule has 0 aliphatic rings. The highest BCUT2D eigenvalue weighted by Crippen LogP contribution is 2.09. The summed E-state index contributed by atoms with van der Waals surface area (Å²) in [5.74, 6) is 0.842. The van der Waals surface area contributed by atoms with Crippen molar-refractivity contribution in [2.75, 3.05) is 5.32 Å². The van der Waals surface area contributed by atoms with Gasteiger partial charge in [-0.3, -0.25) is 0 Å². The molecule has 1 heterocycles. The standard InChI is InChI=1S/C12H19N3S/c1-3-4-6-9(2)14-11-8-5-7-10(15-11)12(13)16/h5,7-9H,3-4,6H2,1-2H3,(H2,13,16)(H,14,15). The molecule has 0 radical (unpaired) electrons. The molecule has 4 heteroatoms. The third-order valence-corrected chi connectivity index (χ3v) is 2.60. The number of nitrogens with zero attached hydrogens (tertiary/aromatic N) is 1. The minimum atomic E-state index is 0.338. The number of hydrogen-bond acceptors (Lipinski definition) is 3. The molecular weight excluding hydrogens is 218 g/mol. The third kappa shape index (κ3) is 4.14. The monoisotopic (exact) mass is 237 g/mol. The molecule has 0 bridgehead atoms. The van der Waals surface area contributed by atoms with E-state index in [9.17, 15) is 0 Å². The van der Waals surface area contributed by atoms with E-state index in [0.717, 1.165) is 12.2 Å². The zero-order valence-corrected chi connectivity index (χ0v) is 10.7. The second-order valence-corrected chi connectivity index (χ2v) is 4.40. The molecular formula is C12H19N3S. The van der Waals surface area contributed by atoms with Crippen LogP contribution in [0.25, 0.3) is 0 Å². The topological polar surface area (TPSA) is 50.9 Å². The summed E-state index contributed by atoms with van der Waals surface area (Å²) in [7, 11) is 0. The number of thiocarbonyl (C=S) groups is 1. The highest BCUT2D eigenvalue weighted by molar-refractivity contribution is 7.80. The molecule has 0 saturated carbocycles. The van der Waals surface area contributed by atoms with Crippen molar-refractivity contribution in [3.05, 3.63) is 23.9 Å². The average molecular weight is 237 g/mol. The Bertz CT molecular complexity index is 352. The second kappa shape index (κ2) is 6.43. The summed E-state index contributed by atoms with van der Waals surface area (Å²) < 4.78 is 0. The molecule has 1 rings (SSSR count). The van der Waals surface area contributed by atoms with E-state index >= 15 is 0 Å². The van der Waals surface area contributed by atoms with Crippen LogP contribution in [-0.2, 0) is 0 Å². The van der Waals surface area contributed by atoms with Gasteiger partial charge in [0.1, 0.15) is 10.8 Å². The minimum Gasteiger partial charge on any atom is -0.388 e. The van der Waals surface area contributed by atoms with E-state index in [1.807, 2.05) is 18.2 Å². The minimum absolute atomic E-state index is 0.338. The lowest BCUT2D eigenvalue weighted by molar-refractivity contribution is 0.643. The van der Waals surface area contributed by atoms with E-state index in [1.165, 1.54) is 12.8 Å². The predicted molar refractivity (Wildman–Crippen MR) is 72.7 cm³/mol. The Kier molecular flexibility index (Phi) is 5.19. The van der Waals surface area contributed by atoms with E-state index in [2.05, 4.69) is 24.1 Å². The largest absolute Gasteiger partial charge is 0.388 e. The number of aromatic nitrogens is 1. The smallest absolute Gasteiger partial charge is 0.126 e. The van der Waals surface area contributed by atoms with Crippen molar-refractivity contribution in [1.29, 1.82) is 0 Å². The molecule has 1 atom stereocenters. The number of pyridine rings is 1. The maximum absolute atomic E-state index is 5.53. The number of anilines is 1. The van der Waals surface area contributed by atoms with Crippen LogP contribution in [0.4, 0.5) is 5.82 Å². The Balaban J connectivity index is 2.59. The van der Waals surface area contributed by atoms with Gasteiger partial charge in [-0.2, -0.15) is 0 Å². The molecule has 1 aromatic heterocycles. The van der Waals surface area contributed by atoms with Crippen molar-refractivity contribution in [2.24, 2.45) is 5.73 Å². The van der Waals surface area contributed by atoms with Gasteiger partial charge in [-0.1, -0.05) is 38.0 Å². The van der Waals surface area contributed by atoms with Gasteiger partial charge in [-0.15, -0.1) is 0 Å². The predicted octanol–water partition coefficient (Wildman–Crippen LogP) is 2.71. The van der Waals surface area contributed by atoms with Crippen LogP contribution < -0.4 is 11.1 Å². The summed E-state index contributed by atoms with van der Waals surface area (Å²) >= 11 is 4.89. The Morgan fingerprint density at radius 1 is 1.56 bits per heavy atom. The van der Waals surface area contributed by atoms with Gasteiger partial charge in [0.05, 0.1) is 5.69 Å². The molecule has 0 aromatic carbocycles. The molecule has 3 N–H and O–H groups in total. The van der Waals surface area contributed by atoms with E-state index in [0.29, 0.717) is 16.7 Å². The second-order valence-electron chi connectivity index (χ2n) is 3.96. The normalized spacial score (nSPS) is 12.1. The summed E-state index contributed by atoms with van der Waals surface area (Å²) in [6.45, 7) is 4.35. The van der Waals surface area contributed by atoms with Crippen LogP contribution in [0.15, 0.2) is 18.2 Å². The van der Waals surface area contributed by atoms with Crippen molar-refractivity contribution < 1.29 is 0 Å². The van der Waals surface area contributed by atoms with Gasteiger partial charge in [0, 0.05) is 6.04 Å². The maximum atomic E-state index is 5.53. The van der Waals surface area contributed by atoms with Crippen LogP contribution in [0, 0.1) is 0 Å². The van der Waals surface area contributed by atoms with Crippen LogP contribution in [0.1, 0.15) is 38.8 Å². The number of rotatable bonds is 6. The summed E-state index contributed by atoms with van der Waals surface area (Å²) in [4.78, 5) is 4.68. The first-order chi connectivity index (χ1) is 7.63. The Morgan fingerprint density at radius 3 is 2.94 bits per heavy atom. The fourth-order valence-electron chi connectivity index (χ4n) is 1.49. The number of unbranched alkanes of at least 4 members (excludes halogenated alkanes) is 1. The van der Waals surface area contributed by atoms with Crippen LogP contribution in [-0.4, -0.2) is 16.0 Å². The maximum Gasteiger partial charge on any atom is 0.126 e. The first-order valence-electron chi connectivity index (χ1n) is 5.67. The molecule has 0 fully saturated rings. The van der Waals surface area contributed by atoms with Gasteiger partial charge >= 0.3 is 0 Å². The molecule has 0 aliphatic carbocycles. The molecule has 0 aliphatic heterocycles. The lowest BCUT2D eigenvalue weighted by Crippen LogP contribution is -2.18. The molecule has 88 valence electrons. The van der Waals surface area contributed by atoms with Crippen molar-refractivity contribution in [3.63, 3.8) is 0 Å². The van der Waals surface area contributed by atoms with Crippen molar-refractivity contribution in [1.82, 2.24) is 4.98 Å². The van der Waals surface area contributed by atoms with Crippen molar-refractivity contribution in [2.45, 2.75) is 39.2 Å². The van der Waals surface area contributed by atoms with Crippen molar-refractivity contribution >= 4 is 23.0 Å². The van der Waals surface area contributed by atoms with Gasteiger partial charge in [0.2, 0.25) is 0 Å². The summed E-state index contributed by atoms with van der Waals surface area (Å²) in [6, 6.07) is 6.10. The molecule has 0 amide bonds. The SMILES string of the molecule is CCCCC(C)Nc1cccc(C(N)=S)n1. The molecule has 1 unspecified atom stereocenters. The van der Waals surface area contributed by atoms with E-state index in [-0.39, 0.29) is 0 Å². The third-order valence-electron chi connectivity index (χ3n) is 2.39. The van der Waals surface area contributed by atoms with Gasteiger partial charge in [0.15, 0.2) is 0 Å². The van der Waals surface area contributed by atoms with E-state index in [1.54, 1.807) is 0 Å². The number of hydrogen-bond donors (Lipinski definition) is 2. The van der Waals surface area contributed by atoms with Gasteiger partial charge in [-0.05, 0) is 25.5 Å². The van der Waals surface area contributed by atoms with Gasteiger partial charge in [-0.25, -0.2) is 4.98 Å². The first kappa shape index (κ1) is 12.9. The summed E-state index contributed by atoms with van der Waals surface area (Å²) in [5, 5.41) is 3.35. The molecule has 1 aromatic rings. The van der Waals surface area contributed by atoms with Gasteiger partial charge < -0.3 is 11.1 Å². The van der Waals surface area contributed by atoms with Crippen LogP contribution in [0.3, 0.4) is 0 Å². The molecule has 0 saturated heterocycles. The van der Waals surface area contributed by atoms with Crippen LogP contribution >= 0.6 is 12.2 Å². The fraction of sp³-hybridized carbons (Fsp3) is 0.500. The Morgan fingerprint density at radius 2 is 2.31 bits per heavy atom. The van der Waals surface area contributed by atoms with E-state index in [4.69, 9.17) is 18.0 Å². The van der Waals surface area contributed by atoms with Crippen LogP contribution in [0.2, 0.25) is 0 Å². The average Bonchev–Trinajstić information content (AvgIpc) is 2.26. The Labute approximate surface area is 102 Å². The summed E-state index contributed by atoms with van der Waals surface area (Å²) in [6.07, 6.45) is 3.59. The number of nitrogens with two attached hydrogens (primary N) is 1. The quantitative estimate of drug-likeness (QED) is 0.747. The zero-order chi connectivity index (χ0) is 12.0. The highest BCUT2D eigenvalue weighted by Gasteiger charge is 2.04. The molecule has 3 nitrogen and oxygen atoms in total. The lowest BCUT2D eigenvalue weighted by atomic mass is 10.1. The number of nitrogens with one attached hydrogen (secondary N) is 1. The van der Waals surface area contributed by atoms with Crippen molar-refractivity contribution in [3.8, 4) is 0 Å². The first-order valence-corrected chi connectivity index (χ1v) is 6.07. The van der Waals surface area contributed by atoms with Gasteiger partial charge in [0.25, 0.3) is 0 Å².